The maximum atomic E-state index is 5.84. The normalized spacial score (nSPS) is 49.8. The van der Waals surface area contributed by atoms with Crippen molar-refractivity contribution >= 4 is 0 Å². The molecule has 3 aliphatic rings. The summed E-state index contributed by atoms with van der Waals surface area (Å²) in [6.45, 7) is 4.71. The molecule has 0 spiro atoms. The van der Waals surface area contributed by atoms with Crippen LogP contribution >= 0.6 is 0 Å². The highest BCUT2D eigenvalue weighted by molar-refractivity contribution is 4.88. The number of ether oxygens (including phenoxy) is 5. The van der Waals surface area contributed by atoms with E-state index < -0.39 is 0 Å². The Labute approximate surface area is 101 Å². The number of rotatable bonds is 3. The lowest BCUT2D eigenvalue weighted by Gasteiger charge is -2.19. The van der Waals surface area contributed by atoms with E-state index in [9.17, 15) is 0 Å². The van der Waals surface area contributed by atoms with Gasteiger partial charge in [-0.05, 0) is 12.8 Å². The van der Waals surface area contributed by atoms with Crippen molar-refractivity contribution in [3.05, 3.63) is 0 Å². The van der Waals surface area contributed by atoms with Gasteiger partial charge in [0.15, 0.2) is 18.9 Å². The number of hydrogen-bond acceptors (Lipinski definition) is 5. The lowest BCUT2D eigenvalue weighted by molar-refractivity contribution is -0.177. The largest absolute Gasteiger partial charge is 0.350 e. The summed E-state index contributed by atoms with van der Waals surface area (Å²) in [6.07, 6.45) is 2.32. The van der Waals surface area contributed by atoms with Crippen LogP contribution in [0.2, 0.25) is 0 Å². The molecule has 3 saturated heterocycles. The van der Waals surface area contributed by atoms with Gasteiger partial charge >= 0.3 is 0 Å². The van der Waals surface area contributed by atoms with Crippen LogP contribution in [0.15, 0.2) is 0 Å². The van der Waals surface area contributed by atoms with Crippen LogP contribution < -0.4 is 0 Å². The summed E-state index contributed by atoms with van der Waals surface area (Å²) in [7, 11) is 0. The topological polar surface area (TPSA) is 46.2 Å². The first-order chi connectivity index (χ1) is 8.30. The zero-order valence-corrected chi connectivity index (χ0v) is 10.3. The number of fused-ring (bicyclic) bond motifs is 1. The molecular formula is C12H20O5. The Hall–Kier alpha value is -0.200. The van der Waals surface area contributed by atoms with Crippen LogP contribution in [-0.4, -0.2) is 43.8 Å². The van der Waals surface area contributed by atoms with Crippen molar-refractivity contribution in [2.24, 2.45) is 0 Å². The summed E-state index contributed by atoms with van der Waals surface area (Å²) in [4.78, 5) is 0. The molecule has 0 N–H and O–H groups in total. The molecule has 3 heterocycles. The molecule has 6 unspecified atom stereocenters. The van der Waals surface area contributed by atoms with Gasteiger partial charge in [0, 0.05) is 6.42 Å². The maximum Gasteiger partial charge on any atom is 0.187 e. The predicted molar refractivity (Wildman–Crippen MR) is 58.2 cm³/mol. The van der Waals surface area contributed by atoms with Gasteiger partial charge < -0.3 is 23.7 Å². The molecule has 98 valence electrons. The Morgan fingerprint density at radius 2 is 1.59 bits per heavy atom. The first-order valence-corrected chi connectivity index (χ1v) is 6.53. The minimum absolute atomic E-state index is 0.0258. The van der Waals surface area contributed by atoms with Crippen molar-refractivity contribution in [2.45, 2.75) is 70.3 Å². The molecule has 0 radical (unpaired) electrons. The fraction of sp³-hybridized carbons (Fsp3) is 1.00. The van der Waals surface area contributed by atoms with E-state index in [1.54, 1.807) is 0 Å². The van der Waals surface area contributed by atoms with E-state index in [-0.39, 0.29) is 37.2 Å². The van der Waals surface area contributed by atoms with Crippen LogP contribution in [0.5, 0.6) is 0 Å². The van der Waals surface area contributed by atoms with E-state index in [1.807, 2.05) is 6.92 Å². The highest BCUT2D eigenvalue weighted by Gasteiger charge is 2.48. The lowest BCUT2D eigenvalue weighted by atomic mass is 10.1. The Morgan fingerprint density at radius 1 is 0.824 bits per heavy atom. The summed E-state index contributed by atoms with van der Waals surface area (Å²) in [5.41, 5.74) is 0. The second kappa shape index (κ2) is 4.82. The van der Waals surface area contributed by atoms with Crippen LogP contribution in [0.4, 0.5) is 0 Å². The molecule has 17 heavy (non-hydrogen) atoms. The number of hydrogen-bond donors (Lipinski definition) is 0. The van der Waals surface area contributed by atoms with Crippen LogP contribution in [-0.2, 0) is 23.7 Å². The standard InChI is InChI=1S/C12H20O5/c1-3-10-13-6-9(15-10)7-5-8-12(16-7)17-11(4-2)14-8/h7-12H,3-6H2,1-2H3. The third-order valence-corrected chi connectivity index (χ3v) is 3.54. The quantitative estimate of drug-likeness (QED) is 0.751. The Bertz CT molecular complexity index is 258. The van der Waals surface area contributed by atoms with Gasteiger partial charge in [0.25, 0.3) is 0 Å². The second-order valence-corrected chi connectivity index (χ2v) is 4.77. The summed E-state index contributed by atoms with van der Waals surface area (Å²) in [5.74, 6) is 0. The predicted octanol–water partition coefficient (Wildman–Crippen LogP) is 1.40. The van der Waals surface area contributed by atoms with Crippen LogP contribution in [0.1, 0.15) is 33.1 Å². The van der Waals surface area contributed by atoms with E-state index in [0.29, 0.717) is 6.61 Å². The van der Waals surface area contributed by atoms with E-state index in [1.165, 1.54) is 0 Å². The van der Waals surface area contributed by atoms with Gasteiger partial charge in [0.2, 0.25) is 0 Å². The fourth-order valence-electron chi connectivity index (χ4n) is 2.59. The summed E-state index contributed by atoms with van der Waals surface area (Å²) < 4.78 is 28.5. The van der Waals surface area contributed by atoms with Crippen molar-refractivity contribution in [1.29, 1.82) is 0 Å². The average molecular weight is 244 g/mol. The van der Waals surface area contributed by atoms with Gasteiger partial charge in [0.05, 0.1) is 12.7 Å². The molecule has 0 aromatic carbocycles. The Balaban J connectivity index is 1.53. The lowest BCUT2D eigenvalue weighted by Crippen LogP contribution is -2.30. The fourth-order valence-corrected chi connectivity index (χ4v) is 2.59. The molecular weight excluding hydrogens is 224 g/mol. The smallest absolute Gasteiger partial charge is 0.187 e. The molecule has 0 aromatic rings. The Morgan fingerprint density at radius 3 is 2.24 bits per heavy atom. The van der Waals surface area contributed by atoms with Crippen molar-refractivity contribution in [3.63, 3.8) is 0 Å². The van der Waals surface area contributed by atoms with E-state index >= 15 is 0 Å². The summed E-state index contributed by atoms with van der Waals surface area (Å²) in [6, 6.07) is 0. The van der Waals surface area contributed by atoms with E-state index in [0.717, 1.165) is 19.3 Å². The van der Waals surface area contributed by atoms with Crippen LogP contribution in [0.25, 0.3) is 0 Å². The minimum Gasteiger partial charge on any atom is -0.350 e. The van der Waals surface area contributed by atoms with E-state index in [4.69, 9.17) is 23.7 Å². The molecule has 0 aromatic heterocycles. The van der Waals surface area contributed by atoms with Crippen LogP contribution in [0, 0.1) is 0 Å². The first kappa shape index (κ1) is 11.9. The molecule has 5 nitrogen and oxygen atoms in total. The highest BCUT2D eigenvalue weighted by atomic mass is 16.8. The van der Waals surface area contributed by atoms with E-state index in [2.05, 4.69) is 6.92 Å². The van der Waals surface area contributed by atoms with Gasteiger partial charge in [-0.15, -0.1) is 0 Å². The van der Waals surface area contributed by atoms with Crippen molar-refractivity contribution in [3.8, 4) is 0 Å². The van der Waals surface area contributed by atoms with Gasteiger partial charge in [0.1, 0.15) is 12.2 Å². The summed E-state index contributed by atoms with van der Waals surface area (Å²) >= 11 is 0. The van der Waals surface area contributed by atoms with Gasteiger partial charge in [-0.3, -0.25) is 0 Å². The Kier molecular flexibility index (Phi) is 3.36. The first-order valence-electron chi connectivity index (χ1n) is 6.53. The van der Waals surface area contributed by atoms with Crippen molar-refractivity contribution in [2.75, 3.05) is 6.61 Å². The molecule has 0 bridgehead atoms. The second-order valence-electron chi connectivity index (χ2n) is 4.77. The molecule has 0 saturated carbocycles. The monoisotopic (exact) mass is 244 g/mol. The van der Waals surface area contributed by atoms with Gasteiger partial charge in [-0.1, -0.05) is 13.8 Å². The van der Waals surface area contributed by atoms with Crippen molar-refractivity contribution in [1.82, 2.24) is 0 Å². The zero-order valence-electron chi connectivity index (χ0n) is 10.3. The molecule has 3 aliphatic heterocycles. The SMILES string of the molecule is CCC1OCC(C2CC3OC(CC)OC3O2)O1. The average Bonchev–Trinajstić information content (AvgIpc) is 3.01. The highest BCUT2D eigenvalue weighted by Crippen LogP contribution is 2.36. The minimum atomic E-state index is -0.214. The molecule has 0 amide bonds. The zero-order chi connectivity index (χ0) is 11.8. The molecule has 5 heteroatoms. The molecule has 0 aliphatic carbocycles. The molecule has 6 atom stereocenters. The van der Waals surface area contributed by atoms with Crippen LogP contribution in [0.3, 0.4) is 0 Å². The van der Waals surface area contributed by atoms with Crippen molar-refractivity contribution < 1.29 is 23.7 Å². The molecule has 3 rings (SSSR count). The summed E-state index contributed by atoms with van der Waals surface area (Å²) in [5, 5.41) is 0. The maximum absolute atomic E-state index is 5.84. The van der Waals surface area contributed by atoms with Gasteiger partial charge in [-0.2, -0.15) is 0 Å². The molecule has 3 fully saturated rings. The third-order valence-electron chi connectivity index (χ3n) is 3.54. The third kappa shape index (κ3) is 2.22. The van der Waals surface area contributed by atoms with Gasteiger partial charge in [-0.25, -0.2) is 0 Å².